The Balaban J connectivity index is 0.000000593. The first-order valence-electron chi connectivity index (χ1n) is 6.50. The molecule has 9 heteroatoms. The van der Waals surface area contributed by atoms with E-state index in [0.717, 1.165) is 6.92 Å². The second kappa shape index (κ2) is 7.54. The van der Waals surface area contributed by atoms with Crippen LogP contribution >= 0.6 is 0 Å². The van der Waals surface area contributed by atoms with Gasteiger partial charge >= 0.3 is 0 Å². The summed E-state index contributed by atoms with van der Waals surface area (Å²) < 4.78 is 26.6. The molecule has 0 amide bonds. The Labute approximate surface area is 134 Å². The standard InChI is InChI=1S/C12H14N4O2S.C2H4O2/c1-8-7-9(2)15-12(14-8)16-19(17,18)11-5-3-10(13)4-6-11;1-2(3)4/h3-7H,13H2,1-2H3,(H,14,15,16);1H3,(H,3,4). The Kier molecular flexibility index (Phi) is 6.02. The zero-order chi connectivity index (χ0) is 17.6. The molecule has 0 fully saturated rings. The van der Waals surface area contributed by atoms with Crippen LogP contribution in [-0.2, 0) is 14.8 Å². The van der Waals surface area contributed by atoms with Crippen molar-refractivity contribution < 1.29 is 18.3 Å². The number of aliphatic carboxylic acids is 1. The van der Waals surface area contributed by atoms with Gasteiger partial charge in [-0.25, -0.2) is 23.1 Å². The third kappa shape index (κ3) is 6.30. The number of sulfonamides is 1. The van der Waals surface area contributed by atoms with E-state index in [1.165, 1.54) is 24.3 Å². The molecule has 1 aromatic heterocycles. The molecule has 8 nitrogen and oxygen atoms in total. The number of hydrogen-bond donors (Lipinski definition) is 3. The number of nitrogens with zero attached hydrogens (tertiary/aromatic N) is 2. The highest BCUT2D eigenvalue weighted by molar-refractivity contribution is 7.92. The normalized spacial score (nSPS) is 10.4. The van der Waals surface area contributed by atoms with Gasteiger partial charge < -0.3 is 10.8 Å². The molecule has 0 saturated heterocycles. The van der Waals surface area contributed by atoms with Crippen LogP contribution in [0.5, 0.6) is 0 Å². The summed E-state index contributed by atoms with van der Waals surface area (Å²) in [5.74, 6) is -0.769. The average Bonchev–Trinajstić information content (AvgIpc) is 2.36. The summed E-state index contributed by atoms with van der Waals surface area (Å²) in [7, 11) is -3.69. The van der Waals surface area contributed by atoms with Gasteiger partial charge in [-0.15, -0.1) is 0 Å². The summed E-state index contributed by atoms with van der Waals surface area (Å²) in [6.45, 7) is 4.63. The van der Waals surface area contributed by atoms with E-state index in [1.807, 2.05) is 0 Å². The van der Waals surface area contributed by atoms with Crippen LogP contribution in [0.3, 0.4) is 0 Å². The number of nitrogens with two attached hydrogens (primary N) is 1. The van der Waals surface area contributed by atoms with E-state index in [1.54, 1.807) is 19.9 Å². The van der Waals surface area contributed by atoms with E-state index in [9.17, 15) is 8.42 Å². The van der Waals surface area contributed by atoms with E-state index in [-0.39, 0.29) is 10.8 Å². The third-order valence-electron chi connectivity index (χ3n) is 2.40. The van der Waals surface area contributed by atoms with Crippen LogP contribution in [0, 0.1) is 13.8 Å². The predicted molar refractivity (Wildman–Crippen MR) is 86.5 cm³/mol. The van der Waals surface area contributed by atoms with E-state index < -0.39 is 16.0 Å². The molecule has 2 aromatic rings. The number of benzene rings is 1. The van der Waals surface area contributed by atoms with Crippen LogP contribution in [0.4, 0.5) is 11.6 Å². The Bertz CT molecular complexity index is 765. The van der Waals surface area contributed by atoms with E-state index in [4.69, 9.17) is 15.6 Å². The summed E-state index contributed by atoms with van der Waals surface area (Å²) in [5, 5.41) is 7.42. The summed E-state index contributed by atoms with van der Waals surface area (Å²) in [5.41, 5.74) is 7.42. The Morgan fingerprint density at radius 3 is 2.00 bits per heavy atom. The molecule has 0 bridgehead atoms. The van der Waals surface area contributed by atoms with Crippen molar-refractivity contribution in [1.82, 2.24) is 9.97 Å². The number of carboxylic acids is 1. The fourth-order valence-electron chi connectivity index (χ4n) is 1.60. The van der Waals surface area contributed by atoms with E-state index in [2.05, 4.69) is 14.7 Å². The Hall–Kier alpha value is -2.68. The summed E-state index contributed by atoms with van der Waals surface area (Å²) >= 11 is 0. The summed E-state index contributed by atoms with van der Waals surface area (Å²) in [6.07, 6.45) is 0. The molecule has 23 heavy (non-hydrogen) atoms. The monoisotopic (exact) mass is 338 g/mol. The summed E-state index contributed by atoms with van der Waals surface area (Å²) in [6, 6.07) is 7.68. The van der Waals surface area contributed by atoms with Gasteiger partial charge in [0.1, 0.15) is 0 Å². The molecular formula is C14H18N4O4S. The minimum atomic E-state index is -3.69. The van der Waals surface area contributed by atoms with Gasteiger partial charge in [-0.2, -0.15) is 0 Å². The third-order valence-corrected chi connectivity index (χ3v) is 3.74. The molecule has 0 aliphatic rings. The van der Waals surface area contributed by atoms with Crippen molar-refractivity contribution in [3.63, 3.8) is 0 Å². The molecule has 1 heterocycles. The molecule has 0 saturated carbocycles. The zero-order valence-corrected chi connectivity index (χ0v) is 13.8. The summed E-state index contributed by atoms with van der Waals surface area (Å²) in [4.78, 5) is 17.2. The number of anilines is 2. The highest BCUT2D eigenvalue weighted by Crippen LogP contribution is 2.15. The van der Waals surface area contributed by atoms with Crippen LogP contribution < -0.4 is 10.5 Å². The molecule has 1 aromatic carbocycles. The second-order valence-electron chi connectivity index (χ2n) is 4.67. The highest BCUT2D eigenvalue weighted by atomic mass is 32.2. The van der Waals surface area contributed by atoms with Crippen molar-refractivity contribution in [2.75, 3.05) is 10.5 Å². The van der Waals surface area contributed by atoms with Gasteiger partial charge in [0.05, 0.1) is 4.90 Å². The van der Waals surface area contributed by atoms with E-state index >= 15 is 0 Å². The molecule has 124 valence electrons. The van der Waals surface area contributed by atoms with Crippen molar-refractivity contribution in [1.29, 1.82) is 0 Å². The van der Waals surface area contributed by atoms with Crippen molar-refractivity contribution in [2.45, 2.75) is 25.7 Å². The number of nitrogens with one attached hydrogen (secondary N) is 1. The maximum absolute atomic E-state index is 12.1. The average molecular weight is 338 g/mol. The second-order valence-corrected chi connectivity index (χ2v) is 6.35. The fraction of sp³-hybridized carbons (Fsp3) is 0.214. The van der Waals surface area contributed by atoms with Crippen molar-refractivity contribution >= 4 is 27.6 Å². The first kappa shape index (κ1) is 18.4. The van der Waals surface area contributed by atoms with Gasteiger partial charge in [-0.3, -0.25) is 4.79 Å². The Morgan fingerprint density at radius 1 is 1.13 bits per heavy atom. The van der Waals surface area contributed by atoms with Crippen molar-refractivity contribution in [3.05, 3.63) is 41.7 Å². The lowest BCUT2D eigenvalue weighted by atomic mass is 10.3. The van der Waals surface area contributed by atoms with Gasteiger partial charge in [0.15, 0.2) is 0 Å². The number of hydrogen-bond acceptors (Lipinski definition) is 6. The number of rotatable bonds is 3. The highest BCUT2D eigenvalue weighted by Gasteiger charge is 2.15. The van der Waals surface area contributed by atoms with Crippen LogP contribution in [-0.4, -0.2) is 29.5 Å². The molecule has 0 spiro atoms. The van der Waals surface area contributed by atoms with Crippen LogP contribution in [0.15, 0.2) is 35.2 Å². The number of nitrogen functional groups attached to an aromatic ring is 1. The lowest BCUT2D eigenvalue weighted by Crippen LogP contribution is -2.15. The number of carboxylic acid groups (broad SMARTS) is 1. The Morgan fingerprint density at radius 2 is 1.57 bits per heavy atom. The van der Waals surface area contributed by atoms with Gasteiger partial charge in [0, 0.05) is 24.0 Å². The smallest absolute Gasteiger partial charge is 0.300 e. The first-order valence-corrected chi connectivity index (χ1v) is 7.98. The molecule has 2 rings (SSSR count). The molecule has 0 aliphatic carbocycles. The molecule has 4 N–H and O–H groups in total. The van der Waals surface area contributed by atoms with Crippen LogP contribution in [0.2, 0.25) is 0 Å². The van der Waals surface area contributed by atoms with Gasteiger partial charge in [-0.05, 0) is 44.2 Å². The van der Waals surface area contributed by atoms with Gasteiger partial charge in [-0.1, -0.05) is 0 Å². The van der Waals surface area contributed by atoms with Crippen molar-refractivity contribution in [2.24, 2.45) is 0 Å². The zero-order valence-electron chi connectivity index (χ0n) is 12.9. The number of aromatic nitrogens is 2. The number of carbonyl (C=O) groups is 1. The molecule has 0 unspecified atom stereocenters. The van der Waals surface area contributed by atoms with Crippen LogP contribution in [0.1, 0.15) is 18.3 Å². The molecule has 0 atom stereocenters. The molecule has 0 radical (unpaired) electrons. The van der Waals surface area contributed by atoms with Crippen LogP contribution in [0.25, 0.3) is 0 Å². The predicted octanol–water partition coefficient (Wildman–Crippen LogP) is 1.57. The fourth-order valence-corrected chi connectivity index (χ4v) is 2.54. The largest absolute Gasteiger partial charge is 0.481 e. The minimum absolute atomic E-state index is 0.0642. The van der Waals surface area contributed by atoms with E-state index in [0.29, 0.717) is 17.1 Å². The topological polar surface area (TPSA) is 135 Å². The maximum Gasteiger partial charge on any atom is 0.300 e. The molecule has 0 aliphatic heterocycles. The van der Waals surface area contributed by atoms with Gasteiger partial charge in [0.25, 0.3) is 16.0 Å². The van der Waals surface area contributed by atoms with Gasteiger partial charge in [0.2, 0.25) is 5.95 Å². The maximum atomic E-state index is 12.1. The SMILES string of the molecule is CC(=O)O.Cc1cc(C)nc(NS(=O)(=O)c2ccc(N)cc2)n1. The minimum Gasteiger partial charge on any atom is -0.481 e. The lowest BCUT2D eigenvalue weighted by Gasteiger charge is -2.08. The lowest BCUT2D eigenvalue weighted by molar-refractivity contribution is -0.134. The van der Waals surface area contributed by atoms with Crippen molar-refractivity contribution in [3.8, 4) is 0 Å². The molecular weight excluding hydrogens is 320 g/mol. The number of aryl methyl sites for hydroxylation is 2. The quantitative estimate of drug-likeness (QED) is 0.723. The first-order chi connectivity index (χ1) is 10.6.